The van der Waals surface area contributed by atoms with E-state index in [9.17, 15) is 0 Å². The zero-order valence-corrected chi connectivity index (χ0v) is 25.3. The standard InChI is InChI=1S/C46H30/c1-2-11-32-28-33(25-22-29(32)10-1)30-20-23-31(24-21-30)44-37-14-5-7-16-39(37)46(40-17-8-6-15-38(40)44)43-27-26-42-35-13-4-3-12-34(35)36-18-9-19-41(43)45(36)42/h1-28,34-35H. The fraction of sp³-hybridized carbons (Fsp3) is 0.0435. The maximum atomic E-state index is 2.40. The summed E-state index contributed by atoms with van der Waals surface area (Å²) in [5.41, 5.74) is 10.6. The van der Waals surface area contributed by atoms with Gasteiger partial charge in [-0.25, -0.2) is 0 Å². The van der Waals surface area contributed by atoms with Gasteiger partial charge in [0.2, 0.25) is 0 Å². The highest BCUT2D eigenvalue weighted by molar-refractivity contribution is 6.24. The van der Waals surface area contributed by atoms with Crippen molar-refractivity contribution >= 4 is 43.1 Å². The molecule has 2 aliphatic carbocycles. The molecule has 10 rings (SSSR count). The Morgan fingerprint density at radius 1 is 0.348 bits per heavy atom. The minimum atomic E-state index is 0.424. The Hall–Kier alpha value is -5.72. The Labute approximate surface area is 268 Å². The van der Waals surface area contributed by atoms with Gasteiger partial charge in [0.05, 0.1) is 0 Å². The van der Waals surface area contributed by atoms with E-state index in [1.165, 1.54) is 87.6 Å². The molecule has 2 aliphatic rings. The first kappa shape index (κ1) is 25.6. The Morgan fingerprint density at radius 2 is 0.891 bits per heavy atom. The van der Waals surface area contributed by atoms with Gasteiger partial charge in [0.1, 0.15) is 0 Å². The van der Waals surface area contributed by atoms with E-state index in [2.05, 4.69) is 170 Å². The van der Waals surface area contributed by atoms with Crippen LogP contribution in [0.2, 0.25) is 0 Å². The molecule has 0 amide bonds. The molecule has 46 heavy (non-hydrogen) atoms. The fourth-order valence-corrected chi connectivity index (χ4v) is 8.37. The van der Waals surface area contributed by atoms with Crippen molar-refractivity contribution in [1.29, 1.82) is 0 Å². The molecular formula is C46H30. The second-order valence-corrected chi connectivity index (χ2v) is 12.8. The Morgan fingerprint density at radius 3 is 1.59 bits per heavy atom. The number of hydrogen-bond acceptors (Lipinski definition) is 0. The largest absolute Gasteiger partial charge is 0.0761 e. The first-order valence-corrected chi connectivity index (χ1v) is 16.3. The van der Waals surface area contributed by atoms with Gasteiger partial charge in [0.25, 0.3) is 0 Å². The lowest BCUT2D eigenvalue weighted by molar-refractivity contribution is 0.769. The molecular weight excluding hydrogens is 553 g/mol. The molecule has 0 heterocycles. The van der Waals surface area contributed by atoms with Crippen molar-refractivity contribution in [3.05, 3.63) is 181 Å². The van der Waals surface area contributed by atoms with E-state index in [0.29, 0.717) is 11.8 Å². The van der Waals surface area contributed by atoms with Crippen LogP contribution in [0.15, 0.2) is 170 Å². The molecule has 0 radical (unpaired) electrons. The van der Waals surface area contributed by atoms with Gasteiger partial charge in [-0.05, 0) is 93.7 Å². The summed E-state index contributed by atoms with van der Waals surface area (Å²) in [7, 11) is 0. The molecule has 0 aliphatic heterocycles. The third kappa shape index (κ3) is 3.68. The van der Waals surface area contributed by atoms with Gasteiger partial charge in [-0.3, -0.25) is 0 Å². The van der Waals surface area contributed by atoms with E-state index in [4.69, 9.17) is 0 Å². The topological polar surface area (TPSA) is 0 Å². The molecule has 2 unspecified atom stereocenters. The van der Waals surface area contributed by atoms with Gasteiger partial charge in [0.15, 0.2) is 0 Å². The SMILES string of the molecule is C1=CC2c3cccc4c(-c5c6ccccc6c(-c6ccc(-c7ccc8ccccc8c7)cc6)c6ccccc56)ccc(c34)C2C=C1. The van der Waals surface area contributed by atoms with E-state index < -0.39 is 0 Å². The van der Waals surface area contributed by atoms with Crippen molar-refractivity contribution in [2.75, 3.05) is 0 Å². The first-order valence-electron chi connectivity index (χ1n) is 16.3. The van der Waals surface area contributed by atoms with Crippen molar-refractivity contribution in [1.82, 2.24) is 0 Å². The van der Waals surface area contributed by atoms with Crippen molar-refractivity contribution in [3.63, 3.8) is 0 Å². The highest BCUT2D eigenvalue weighted by atomic mass is 14.4. The summed E-state index contributed by atoms with van der Waals surface area (Å²) in [4.78, 5) is 0. The van der Waals surface area contributed by atoms with Crippen LogP contribution in [0.25, 0.3) is 76.5 Å². The Bertz CT molecular complexity index is 2500. The molecule has 2 atom stereocenters. The molecule has 0 saturated heterocycles. The molecule has 0 saturated carbocycles. The number of hydrogen-bond donors (Lipinski definition) is 0. The average molecular weight is 583 g/mol. The van der Waals surface area contributed by atoms with Crippen molar-refractivity contribution in [2.24, 2.45) is 0 Å². The normalized spacial score (nSPS) is 16.5. The van der Waals surface area contributed by atoms with Gasteiger partial charge in [0, 0.05) is 11.8 Å². The first-order chi connectivity index (χ1) is 22.8. The highest BCUT2D eigenvalue weighted by Crippen LogP contribution is 2.53. The quantitative estimate of drug-likeness (QED) is 0.182. The molecule has 0 N–H and O–H groups in total. The van der Waals surface area contributed by atoms with E-state index in [0.717, 1.165) is 0 Å². The molecule has 0 nitrogen and oxygen atoms in total. The molecule has 214 valence electrons. The second-order valence-electron chi connectivity index (χ2n) is 12.8. The van der Waals surface area contributed by atoms with Crippen LogP contribution < -0.4 is 0 Å². The number of allylic oxidation sites excluding steroid dienone is 4. The summed E-state index contributed by atoms with van der Waals surface area (Å²) in [6, 6.07) is 54.2. The van der Waals surface area contributed by atoms with Crippen molar-refractivity contribution < 1.29 is 0 Å². The second kappa shape index (κ2) is 9.89. The summed E-state index contributed by atoms with van der Waals surface area (Å²) in [5.74, 6) is 0.847. The summed E-state index contributed by atoms with van der Waals surface area (Å²) < 4.78 is 0. The summed E-state index contributed by atoms with van der Waals surface area (Å²) in [6.45, 7) is 0. The van der Waals surface area contributed by atoms with E-state index in [1.54, 1.807) is 0 Å². The third-order valence-electron chi connectivity index (χ3n) is 10.4. The maximum Gasteiger partial charge on any atom is 0.0131 e. The molecule has 8 aromatic rings. The zero-order chi connectivity index (χ0) is 30.2. The van der Waals surface area contributed by atoms with Crippen molar-refractivity contribution in [2.45, 2.75) is 11.8 Å². The monoisotopic (exact) mass is 582 g/mol. The maximum absolute atomic E-state index is 2.40. The van der Waals surface area contributed by atoms with Gasteiger partial charge < -0.3 is 0 Å². The van der Waals surface area contributed by atoms with Crippen LogP contribution >= 0.6 is 0 Å². The predicted molar refractivity (Wildman–Crippen MR) is 197 cm³/mol. The van der Waals surface area contributed by atoms with Crippen LogP contribution in [-0.4, -0.2) is 0 Å². The lowest BCUT2D eigenvalue weighted by Crippen LogP contribution is -2.01. The van der Waals surface area contributed by atoms with Crippen LogP contribution in [0.3, 0.4) is 0 Å². The molecule has 8 aromatic carbocycles. The fourth-order valence-electron chi connectivity index (χ4n) is 8.37. The lowest BCUT2D eigenvalue weighted by atomic mass is 9.84. The van der Waals surface area contributed by atoms with Crippen LogP contribution in [-0.2, 0) is 0 Å². The third-order valence-corrected chi connectivity index (χ3v) is 10.4. The van der Waals surface area contributed by atoms with Crippen LogP contribution in [0.5, 0.6) is 0 Å². The van der Waals surface area contributed by atoms with Gasteiger partial charge >= 0.3 is 0 Å². The number of fused-ring (bicyclic) bond motifs is 6. The molecule has 0 bridgehead atoms. The van der Waals surface area contributed by atoms with Gasteiger partial charge in [-0.1, -0.05) is 164 Å². The molecule has 0 spiro atoms. The van der Waals surface area contributed by atoms with Gasteiger partial charge in [-0.15, -0.1) is 0 Å². The van der Waals surface area contributed by atoms with Crippen molar-refractivity contribution in [3.8, 4) is 33.4 Å². The van der Waals surface area contributed by atoms with Gasteiger partial charge in [-0.2, -0.15) is 0 Å². The smallest absolute Gasteiger partial charge is 0.0131 e. The van der Waals surface area contributed by atoms with E-state index in [-0.39, 0.29) is 0 Å². The number of rotatable bonds is 3. The lowest BCUT2D eigenvalue weighted by Gasteiger charge is -2.19. The Kier molecular flexibility index (Phi) is 5.50. The number of benzene rings is 8. The minimum absolute atomic E-state index is 0.424. The summed E-state index contributed by atoms with van der Waals surface area (Å²) in [5, 5.41) is 10.5. The van der Waals surface area contributed by atoms with Crippen LogP contribution in [0, 0.1) is 0 Å². The van der Waals surface area contributed by atoms with Crippen LogP contribution in [0.1, 0.15) is 23.0 Å². The predicted octanol–water partition coefficient (Wildman–Crippen LogP) is 12.6. The summed E-state index contributed by atoms with van der Waals surface area (Å²) in [6.07, 6.45) is 9.18. The Balaban J connectivity index is 1.19. The summed E-state index contributed by atoms with van der Waals surface area (Å²) >= 11 is 0. The molecule has 0 fully saturated rings. The zero-order valence-electron chi connectivity index (χ0n) is 25.3. The highest BCUT2D eigenvalue weighted by Gasteiger charge is 2.33. The van der Waals surface area contributed by atoms with Crippen LogP contribution in [0.4, 0.5) is 0 Å². The van der Waals surface area contributed by atoms with E-state index >= 15 is 0 Å². The molecule has 0 heteroatoms. The molecule has 0 aromatic heterocycles. The average Bonchev–Trinajstić information content (AvgIpc) is 3.46. The van der Waals surface area contributed by atoms with E-state index in [1.807, 2.05) is 0 Å². The minimum Gasteiger partial charge on any atom is -0.0761 e.